The van der Waals surface area contributed by atoms with E-state index in [1.54, 1.807) is 0 Å². The van der Waals surface area contributed by atoms with Gasteiger partial charge in [0.05, 0.1) is 5.41 Å². The molecule has 1 heterocycles. The minimum Gasteiger partial charge on any atom is -0.353 e. The number of hydrogen-bond acceptors (Lipinski definition) is 3. The van der Waals surface area contributed by atoms with E-state index in [0.717, 1.165) is 32.5 Å². The summed E-state index contributed by atoms with van der Waals surface area (Å²) in [4.78, 5) is 14.7. The summed E-state index contributed by atoms with van der Waals surface area (Å²) in [5.41, 5.74) is 5.03. The van der Waals surface area contributed by atoms with E-state index < -0.39 is 11.0 Å². The fourth-order valence-corrected chi connectivity index (χ4v) is 2.05. The molecule has 1 aliphatic heterocycles. The van der Waals surface area contributed by atoms with Crippen molar-refractivity contribution in [3.8, 4) is 0 Å². The zero-order chi connectivity index (χ0) is 14.0. The quantitative estimate of drug-likeness (QED) is 0.797. The van der Waals surface area contributed by atoms with E-state index in [0.29, 0.717) is 6.04 Å². The maximum Gasteiger partial charge on any atom is 0.227 e. The van der Waals surface area contributed by atoms with Crippen LogP contribution in [0.2, 0.25) is 0 Å². The average molecular weight is 255 g/mol. The minimum absolute atomic E-state index is 0.0740. The molecule has 106 valence electrons. The number of carbonyl (C=O) groups is 1. The Bertz CT molecular complexity index is 286. The van der Waals surface area contributed by atoms with Gasteiger partial charge in [-0.1, -0.05) is 6.92 Å². The molecule has 0 atom stereocenters. The predicted molar refractivity (Wildman–Crippen MR) is 75.3 cm³/mol. The number of nitrogens with one attached hydrogen (secondary N) is 1. The number of rotatable bonds is 4. The molecule has 0 saturated carbocycles. The number of piperidine rings is 1. The molecule has 0 radical (unpaired) electrons. The van der Waals surface area contributed by atoms with Crippen LogP contribution in [0.5, 0.6) is 0 Å². The van der Waals surface area contributed by atoms with Crippen molar-refractivity contribution < 1.29 is 4.79 Å². The first-order chi connectivity index (χ1) is 8.18. The number of nitrogens with two attached hydrogens (primary N) is 1. The summed E-state index contributed by atoms with van der Waals surface area (Å²) >= 11 is 0. The van der Waals surface area contributed by atoms with Gasteiger partial charge in [0, 0.05) is 24.7 Å². The van der Waals surface area contributed by atoms with Gasteiger partial charge >= 0.3 is 0 Å². The third-order valence-electron chi connectivity index (χ3n) is 4.55. The smallest absolute Gasteiger partial charge is 0.227 e. The van der Waals surface area contributed by atoms with E-state index in [-0.39, 0.29) is 5.91 Å². The Morgan fingerprint density at radius 3 is 2.17 bits per heavy atom. The van der Waals surface area contributed by atoms with Gasteiger partial charge in [0.1, 0.15) is 0 Å². The topological polar surface area (TPSA) is 58.4 Å². The summed E-state index contributed by atoms with van der Waals surface area (Å²) in [5.74, 6) is 0.0740. The van der Waals surface area contributed by atoms with Crippen molar-refractivity contribution in [2.45, 2.75) is 59.0 Å². The average Bonchev–Trinajstić information content (AvgIpc) is 2.28. The summed E-state index contributed by atoms with van der Waals surface area (Å²) in [6, 6.07) is 0.307. The van der Waals surface area contributed by atoms with Gasteiger partial charge in [-0.25, -0.2) is 0 Å². The van der Waals surface area contributed by atoms with Crippen LogP contribution in [0.4, 0.5) is 0 Å². The van der Waals surface area contributed by atoms with Crippen molar-refractivity contribution in [3.05, 3.63) is 0 Å². The SMILES string of the molecule is CCN1CCC(NC(=O)C(C)(C)C(C)(C)N)CC1. The number of carbonyl (C=O) groups excluding carboxylic acids is 1. The van der Waals surface area contributed by atoms with Crippen molar-refractivity contribution in [3.63, 3.8) is 0 Å². The first-order valence-corrected chi connectivity index (χ1v) is 7.00. The van der Waals surface area contributed by atoms with Gasteiger partial charge in [0.15, 0.2) is 0 Å². The summed E-state index contributed by atoms with van der Waals surface area (Å²) < 4.78 is 0. The summed E-state index contributed by atoms with van der Waals surface area (Å²) in [7, 11) is 0. The van der Waals surface area contributed by atoms with Crippen LogP contribution in [0.15, 0.2) is 0 Å². The lowest BCUT2D eigenvalue weighted by molar-refractivity contribution is -0.133. The minimum atomic E-state index is -0.547. The molecule has 0 aromatic rings. The zero-order valence-electron chi connectivity index (χ0n) is 12.5. The van der Waals surface area contributed by atoms with Gasteiger partial charge in [0.25, 0.3) is 0 Å². The first kappa shape index (κ1) is 15.4. The van der Waals surface area contributed by atoms with Crippen LogP contribution in [0, 0.1) is 5.41 Å². The van der Waals surface area contributed by atoms with Crippen LogP contribution in [-0.4, -0.2) is 42.0 Å². The Balaban J connectivity index is 2.51. The fraction of sp³-hybridized carbons (Fsp3) is 0.929. The molecule has 1 rings (SSSR count). The largest absolute Gasteiger partial charge is 0.353 e. The first-order valence-electron chi connectivity index (χ1n) is 7.00. The highest BCUT2D eigenvalue weighted by molar-refractivity contribution is 5.83. The molecule has 1 saturated heterocycles. The second-order valence-electron chi connectivity index (χ2n) is 6.53. The van der Waals surface area contributed by atoms with E-state index in [9.17, 15) is 4.79 Å². The summed E-state index contributed by atoms with van der Waals surface area (Å²) in [6.07, 6.45) is 2.08. The van der Waals surface area contributed by atoms with Crippen LogP contribution in [0.1, 0.15) is 47.5 Å². The van der Waals surface area contributed by atoms with Crippen LogP contribution in [-0.2, 0) is 4.79 Å². The third-order valence-corrected chi connectivity index (χ3v) is 4.55. The van der Waals surface area contributed by atoms with Gasteiger partial charge in [-0.15, -0.1) is 0 Å². The van der Waals surface area contributed by atoms with E-state index in [4.69, 9.17) is 5.73 Å². The lowest BCUT2D eigenvalue weighted by Gasteiger charge is -2.39. The number of likely N-dealkylation sites (tertiary alicyclic amines) is 1. The Kier molecular flexibility index (Phi) is 4.78. The molecule has 18 heavy (non-hydrogen) atoms. The molecule has 1 amide bonds. The third kappa shape index (κ3) is 3.45. The Morgan fingerprint density at radius 2 is 1.78 bits per heavy atom. The predicted octanol–water partition coefficient (Wildman–Crippen LogP) is 1.35. The van der Waals surface area contributed by atoms with Crippen molar-refractivity contribution >= 4 is 5.91 Å². The highest BCUT2D eigenvalue weighted by Crippen LogP contribution is 2.28. The molecular weight excluding hydrogens is 226 g/mol. The summed E-state index contributed by atoms with van der Waals surface area (Å²) in [6.45, 7) is 13.1. The maximum absolute atomic E-state index is 12.3. The van der Waals surface area contributed by atoms with Gasteiger partial charge in [-0.05, 0) is 47.1 Å². The number of nitrogens with zero attached hydrogens (tertiary/aromatic N) is 1. The number of hydrogen-bond donors (Lipinski definition) is 2. The van der Waals surface area contributed by atoms with Gasteiger partial charge in [-0.2, -0.15) is 0 Å². The van der Waals surface area contributed by atoms with Crippen molar-refractivity contribution in [1.82, 2.24) is 10.2 Å². The highest BCUT2D eigenvalue weighted by Gasteiger charge is 2.41. The Morgan fingerprint density at radius 1 is 1.28 bits per heavy atom. The highest BCUT2D eigenvalue weighted by atomic mass is 16.2. The number of amides is 1. The van der Waals surface area contributed by atoms with E-state index >= 15 is 0 Å². The Labute approximate surface area is 111 Å². The van der Waals surface area contributed by atoms with E-state index in [1.807, 2.05) is 27.7 Å². The molecule has 0 spiro atoms. The van der Waals surface area contributed by atoms with Gasteiger partial charge in [-0.3, -0.25) is 4.79 Å². The molecule has 3 N–H and O–H groups in total. The Hall–Kier alpha value is -0.610. The van der Waals surface area contributed by atoms with E-state index in [2.05, 4.69) is 17.1 Å². The van der Waals surface area contributed by atoms with E-state index in [1.165, 1.54) is 0 Å². The molecular formula is C14H29N3O. The van der Waals surface area contributed by atoms with Crippen molar-refractivity contribution in [2.24, 2.45) is 11.1 Å². The second-order valence-corrected chi connectivity index (χ2v) is 6.53. The molecule has 1 aliphatic rings. The monoisotopic (exact) mass is 255 g/mol. The van der Waals surface area contributed by atoms with Crippen LogP contribution in [0.25, 0.3) is 0 Å². The van der Waals surface area contributed by atoms with Crippen molar-refractivity contribution in [1.29, 1.82) is 0 Å². The molecule has 0 bridgehead atoms. The molecule has 1 fully saturated rings. The molecule has 4 nitrogen and oxygen atoms in total. The second kappa shape index (κ2) is 5.57. The van der Waals surface area contributed by atoms with Crippen LogP contribution in [0.3, 0.4) is 0 Å². The fourth-order valence-electron chi connectivity index (χ4n) is 2.05. The molecule has 0 aromatic heterocycles. The molecule has 0 unspecified atom stereocenters. The van der Waals surface area contributed by atoms with Gasteiger partial charge in [0.2, 0.25) is 5.91 Å². The van der Waals surface area contributed by atoms with Crippen LogP contribution >= 0.6 is 0 Å². The molecule has 4 heteroatoms. The summed E-state index contributed by atoms with van der Waals surface area (Å²) in [5, 5.41) is 3.16. The lowest BCUT2D eigenvalue weighted by atomic mass is 9.74. The zero-order valence-corrected chi connectivity index (χ0v) is 12.5. The van der Waals surface area contributed by atoms with Crippen LogP contribution < -0.4 is 11.1 Å². The standard InChI is InChI=1S/C14H29N3O/c1-6-17-9-7-11(8-10-17)16-12(18)13(2,3)14(4,5)15/h11H,6-10,15H2,1-5H3,(H,16,18). The molecule has 0 aromatic carbocycles. The maximum atomic E-state index is 12.3. The lowest BCUT2D eigenvalue weighted by Crippen LogP contribution is -2.58. The van der Waals surface area contributed by atoms with Crippen molar-refractivity contribution in [2.75, 3.05) is 19.6 Å². The molecule has 0 aliphatic carbocycles. The van der Waals surface area contributed by atoms with Gasteiger partial charge < -0.3 is 16.0 Å². The normalized spacial score (nSPS) is 19.9.